The molecule has 0 saturated heterocycles. The van der Waals surface area contributed by atoms with E-state index < -0.39 is 0 Å². The minimum atomic E-state index is -0.267. The van der Waals surface area contributed by atoms with Crippen molar-refractivity contribution in [3.8, 4) is 10.6 Å². The molecule has 24 heavy (non-hydrogen) atoms. The van der Waals surface area contributed by atoms with E-state index in [2.05, 4.69) is 20.3 Å². The van der Waals surface area contributed by atoms with Crippen LogP contribution in [0.4, 0.5) is 5.69 Å². The molecule has 0 radical (unpaired) electrons. The number of fused-ring (bicyclic) bond motifs is 1. The fraction of sp³-hybridized carbons (Fsp3) is 0.0625. The van der Waals surface area contributed by atoms with Crippen molar-refractivity contribution < 1.29 is 4.79 Å². The molecule has 0 aliphatic heterocycles. The topological polar surface area (TPSA) is 90.6 Å². The molecule has 1 aromatic carbocycles. The molecule has 120 valence electrons. The Balaban J connectivity index is 1.46. The normalized spacial score (nSPS) is 11.0. The Labute approximate surface area is 144 Å². The van der Waals surface area contributed by atoms with Gasteiger partial charge in [0.05, 0.1) is 23.1 Å². The molecule has 0 fully saturated rings. The molecule has 6 nitrogen and oxygen atoms in total. The summed E-state index contributed by atoms with van der Waals surface area (Å²) in [5.74, 6) is -0.144. The minimum Gasteiger partial charge on any atom is -0.326 e. The summed E-state index contributed by atoms with van der Waals surface area (Å²) >= 11 is 3.15. The van der Waals surface area contributed by atoms with Crippen molar-refractivity contribution in [2.75, 3.05) is 5.32 Å². The SMILES string of the molecule is O=C(Cc1csc(-c2ccsc2)n1)Nc1ccc2[nH]c(=O)[nH]c2c1. The smallest absolute Gasteiger partial charge is 0.323 e. The van der Waals surface area contributed by atoms with Crippen molar-refractivity contribution in [2.24, 2.45) is 0 Å². The maximum atomic E-state index is 12.2. The van der Waals surface area contributed by atoms with Crippen LogP contribution >= 0.6 is 22.7 Å². The van der Waals surface area contributed by atoms with Gasteiger partial charge >= 0.3 is 5.69 Å². The molecular formula is C16H12N4O2S2. The first-order valence-corrected chi connectivity index (χ1v) is 8.98. The minimum absolute atomic E-state index is 0.144. The molecule has 3 heterocycles. The van der Waals surface area contributed by atoms with Crippen LogP contribution in [0.15, 0.2) is 45.2 Å². The second-order valence-electron chi connectivity index (χ2n) is 5.22. The first-order chi connectivity index (χ1) is 11.7. The molecule has 1 amide bonds. The number of imidazole rings is 1. The average Bonchev–Trinajstić information content (AvgIpc) is 3.25. The van der Waals surface area contributed by atoms with E-state index in [1.54, 1.807) is 29.5 Å². The first kappa shape index (κ1) is 14.9. The number of nitrogens with one attached hydrogen (secondary N) is 3. The maximum Gasteiger partial charge on any atom is 0.323 e. The lowest BCUT2D eigenvalue weighted by Crippen LogP contribution is -2.14. The highest BCUT2D eigenvalue weighted by Gasteiger charge is 2.10. The largest absolute Gasteiger partial charge is 0.326 e. The van der Waals surface area contributed by atoms with E-state index in [1.165, 1.54) is 11.3 Å². The molecule has 0 aliphatic carbocycles. The summed E-state index contributed by atoms with van der Waals surface area (Å²) in [6.07, 6.45) is 0.211. The van der Waals surface area contributed by atoms with Gasteiger partial charge in [0.2, 0.25) is 5.91 Å². The third kappa shape index (κ3) is 3.01. The van der Waals surface area contributed by atoms with Gasteiger partial charge < -0.3 is 15.3 Å². The lowest BCUT2D eigenvalue weighted by molar-refractivity contribution is -0.115. The number of amides is 1. The lowest BCUT2D eigenvalue weighted by atomic mass is 10.2. The van der Waals surface area contributed by atoms with E-state index in [0.717, 1.165) is 16.3 Å². The molecule has 8 heteroatoms. The van der Waals surface area contributed by atoms with Crippen LogP contribution in [0.5, 0.6) is 0 Å². The lowest BCUT2D eigenvalue weighted by Gasteiger charge is -2.04. The third-order valence-corrected chi connectivity index (χ3v) is 5.08. The van der Waals surface area contributed by atoms with Gasteiger partial charge in [-0.3, -0.25) is 4.79 Å². The number of rotatable bonds is 4. The number of aromatic amines is 2. The highest BCUT2D eigenvalue weighted by Crippen LogP contribution is 2.26. The summed E-state index contributed by atoms with van der Waals surface area (Å²) in [6, 6.07) is 7.24. The van der Waals surface area contributed by atoms with E-state index in [1.807, 2.05) is 22.2 Å². The number of carbonyl (C=O) groups excluding carboxylic acids is 1. The maximum absolute atomic E-state index is 12.2. The number of nitrogens with zero attached hydrogens (tertiary/aromatic N) is 1. The van der Waals surface area contributed by atoms with Gasteiger partial charge in [-0.25, -0.2) is 9.78 Å². The van der Waals surface area contributed by atoms with E-state index in [0.29, 0.717) is 16.7 Å². The van der Waals surface area contributed by atoms with Crippen LogP contribution in [0.25, 0.3) is 21.6 Å². The molecule has 0 aliphatic rings. The van der Waals surface area contributed by atoms with Gasteiger partial charge in [-0.15, -0.1) is 11.3 Å². The van der Waals surface area contributed by atoms with Crippen molar-refractivity contribution in [1.29, 1.82) is 0 Å². The predicted molar refractivity (Wildman–Crippen MR) is 96.7 cm³/mol. The Morgan fingerprint density at radius 3 is 2.88 bits per heavy atom. The molecule has 0 atom stereocenters. The van der Waals surface area contributed by atoms with Gasteiger partial charge in [-0.1, -0.05) is 0 Å². The van der Waals surface area contributed by atoms with Crippen molar-refractivity contribution in [1.82, 2.24) is 15.0 Å². The van der Waals surface area contributed by atoms with Gasteiger partial charge in [0.1, 0.15) is 5.01 Å². The van der Waals surface area contributed by atoms with Crippen molar-refractivity contribution in [3.05, 3.63) is 56.6 Å². The van der Waals surface area contributed by atoms with Crippen molar-refractivity contribution in [2.45, 2.75) is 6.42 Å². The summed E-state index contributed by atoms with van der Waals surface area (Å²) < 4.78 is 0. The number of hydrogen-bond acceptors (Lipinski definition) is 5. The average molecular weight is 356 g/mol. The highest BCUT2D eigenvalue weighted by molar-refractivity contribution is 7.14. The van der Waals surface area contributed by atoms with Crippen LogP contribution in [0, 0.1) is 0 Å². The second kappa shape index (κ2) is 6.06. The fourth-order valence-corrected chi connectivity index (χ4v) is 3.92. The number of thiophene rings is 1. The number of carbonyl (C=O) groups is 1. The highest BCUT2D eigenvalue weighted by atomic mass is 32.1. The van der Waals surface area contributed by atoms with Gasteiger partial charge in [-0.05, 0) is 29.6 Å². The monoisotopic (exact) mass is 356 g/mol. The molecule has 0 saturated carbocycles. The Morgan fingerprint density at radius 2 is 2.04 bits per heavy atom. The van der Waals surface area contributed by atoms with Crippen LogP contribution in [0.3, 0.4) is 0 Å². The second-order valence-corrected chi connectivity index (χ2v) is 6.86. The fourth-order valence-electron chi connectivity index (χ4n) is 2.39. The zero-order valence-corrected chi connectivity index (χ0v) is 14.0. The molecule has 0 unspecified atom stereocenters. The van der Waals surface area contributed by atoms with E-state index in [-0.39, 0.29) is 18.0 Å². The number of anilines is 1. The van der Waals surface area contributed by atoms with Gasteiger partial charge in [0, 0.05) is 22.0 Å². The van der Waals surface area contributed by atoms with E-state index >= 15 is 0 Å². The number of aromatic nitrogens is 3. The zero-order valence-electron chi connectivity index (χ0n) is 12.3. The van der Waals surface area contributed by atoms with Gasteiger partial charge in [-0.2, -0.15) is 11.3 Å². The molecule has 3 aromatic heterocycles. The number of H-pyrrole nitrogens is 2. The summed E-state index contributed by atoms with van der Waals surface area (Å²) in [5, 5.41) is 9.69. The molecular weight excluding hydrogens is 344 g/mol. The van der Waals surface area contributed by atoms with Crippen LogP contribution in [-0.2, 0) is 11.2 Å². The van der Waals surface area contributed by atoms with Gasteiger partial charge in [0.15, 0.2) is 0 Å². The molecule has 4 aromatic rings. The Kier molecular flexibility index (Phi) is 3.75. The Bertz CT molecular complexity index is 1060. The number of thiazole rings is 1. The summed E-state index contributed by atoms with van der Waals surface area (Å²) in [7, 11) is 0. The first-order valence-electron chi connectivity index (χ1n) is 7.16. The van der Waals surface area contributed by atoms with Crippen molar-refractivity contribution in [3.63, 3.8) is 0 Å². The predicted octanol–water partition coefficient (Wildman–Crippen LogP) is 3.22. The van der Waals surface area contributed by atoms with Crippen LogP contribution in [0.2, 0.25) is 0 Å². The standard InChI is InChI=1S/C16H12N4O2S2/c21-14(6-11-8-24-15(18-11)9-3-4-23-7-9)17-10-1-2-12-13(5-10)20-16(22)19-12/h1-5,7-8H,6H2,(H,17,21)(H2,19,20,22). The molecule has 3 N–H and O–H groups in total. The van der Waals surface area contributed by atoms with E-state index in [9.17, 15) is 9.59 Å². The number of benzene rings is 1. The molecule has 0 spiro atoms. The number of hydrogen-bond donors (Lipinski definition) is 3. The van der Waals surface area contributed by atoms with Crippen LogP contribution in [-0.4, -0.2) is 20.9 Å². The van der Waals surface area contributed by atoms with Crippen LogP contribution < -0.4 is 11.0 Å². The zero-order chi connectivity index (χ0) is 16.5. The van der Waals surface area contributed by atoms with Crippen molar-refractivity contribution >= 4 is 45.3 Å². The van der Waals surface area contributed by atoms with Gasteiger partial charge in [0.25, 0.3) is 0 Å². The van der Waals surface area contributed by atoms with E-state index in [4.69, 9.17) is 0 Å². The molecule has 0 bridgehead atoms. The third-order valence-electron chi connectivity index (χ3n) is 3.46. The molecule has 4 rings (SSSR count). The summed E-state index contributed by atoms with van der Waals surface area (Å²) in [4.78, 5) is 33.3. The Hall–Kier alpha value is -2.71. The summed E-state index contributed by atoms with van der Waals surface area (Å²) in [5.41, 5.74) is 3.56. The quantitative estimate of drug-likeness (QED) is 0.524. The Morgan fingerprint density at radius 1 is 1.17 bits per heavy atom. The summed E-state index contributed by atoms with van der Waals surface area (Å²) in [6.45, 7) is 0. The van der Waals surface area contributed by atoms with Crippen LogP contribution in [0.1, 0.15) is 5.69 Å².